The first kappa shape index (κ1) is 15.6. The minimum absolute atomic E-state index is 0.276. The van der Waals surface area contributed by atoms with Gasteiger partial charge >= 0.3 is 0 Å². The second-order valence-corrected chi connectivity index (χ2v) is 5.21. The van der Waals surface area contributed by atoms with Crippen LogP contribution in [0.15, 0.2) is 67.0 Å². The van der Waals surface area contributed by atoms with Gasteiger partial charge in [0.25, 0.3) is 5.69 Å². The third-order valence-electron chi connectivity index (χ3n) is 3.59. The number of nitrogens with one attached hydrogen (secondary N) is 1. The molecule has 5 nitrogen and oxygen atoms in total. The Morgan fingerprint density at radius 3 is 2.54 bits per heavy atom. The van der Waals surface area contributed by atoms with Crippen LogP contribution in [0, 0.1) is 15.9 Å². The van der Waals surface area contributed by atoms with E-state index >= 15 is 0 Å². The molecule has 0 aliphatic carbocycles. The Hall–Kier alpha value is -3.28. The summed E-state index contributed by atoms with van der Waals surface area (Å²) in [7, 11) is 0. The minimum Gasteiger partial charge on any atom is -0.375 e. The quantitative estimate of drug-likeness (QED) is 0.558. The van der Waals surface area contributed by atoms with Gasteiger partial charge in [0.2, 0.25) is 0 Å². The molecule has 0 radical (unpaired) electrons. The molecule has 0 bridgehead atoms. The van der Waals surface area contributed by atoms with Gasteiger partial charge in [0.05, 0.1) is 11.0 Å². The van der Waals surface area contributed by atoms with Crippen LogP contribution in [-0.4, -0.2) is 9.91 Å². The molecule has 2 aromatic carbocycles. The van der Waals surface area contributed by atoms with Crippen LogP contribution in [0.3, 0.4) is 0 Å². The molecule has 6 heteroatoms. The van der Waals surface area contributed by atoms with E-state index in [-0.39, 0.29) is 11.4 Å². The molecule has 0 aliphatic rings. The van der Waals surface area contributed by atoms with Gasteiger partial charge in [0, 0.05) is 18.9 Å². The highest BCUT2D eigenvalue weighted by Gasteiger charge is 2.14. The van der Waals surface area contributed by atoms with Crippen molar-refractivity contribution in [1.82, 2.24) is 4.98 Å². The molecule has 1 N–H and O–H groups in total. The maximum Gasteiger partial charge on any atom is 0.295 e. The van der Waals surface area contributed by atoms with Gasteiger partial charge < -0.3 is 5.32 Å². The molecule has 0 saturated carbocycles. The second-order valence-electron chi connectivity index (χ2n) is 5.21. The molecule has 1 heterocycles. The van der Waals surface area contributed by atoms with Crippen molar-refractivity contribution >= 4 is 11.4 Å². The van der Waals surface area contributed by atoms with E-state index in [0.29, 0.717) is 6.54 Å². The van der Waals surface area contributed by atoms with Crippen molar-refractivity contribution in [2.75, 3.05) is 5.32 Å². The minimum atomic E-state index is -0.631. The van der Waals surface area contributed by atoms with E-state index in [1.807, 2.05) is 36.4 Å². The van der Waals surface area contributed by atoms with Gasteiger partial charge in [-0.15, -0.1) is 0 Å². The normalized spacial score (nSPS) is 10.4. The Morgan fingerprint density at radius 2 is 1.88 bits per heavy atom. The molecule has 3 aromatic rings. The van der Waals surface area contributed by atoms with Crippen LogP contribution in [-0.2, 0) is 6.54 Å². The van der Waals surface area contributed by atoms with Crippen molar-refractivity contribution in [3.63, 3.8) is 0 Å². The number of hydrogen-bond donors (Lipinski definition) is 1. The Bertz CT molecular complexity index is 852. The fourth-order valence-corrected chi connectivity index (χ4v) is 2.35. The van der Waals surface area contributed by atoms with Gasteiger partial charge in [0.1, 0.15) is 11.5 Å². The van der Waals surface area contributed by atoms with E-state index in [4.69, 9.17) is 0 Å². The lowest BCUT2D eigenvalue weighted by atomic mass is 10.1. The van der Waals surface area contributed by atoms with Gasteiger partial charge in [0.15, 0.2) is 0 Å². The number of aromatic nitrogens is 1. The number of anilines is 1. The van der Waals surface area contributed by atoms with Gasteiger partial charge in [-0.3, -0.25) is 15.1 Å². The summed E-state index contributed by atoms with van der Waals surface area (Å²) >= 11 is 0. The first-order chi connectivity index (χ1) is 11.6. The fourth-order valence-electron chi connectivity index (χ4n) is 2.35. The van der Waals surface area contributed by atoms with E-state index in [1.165, 1.54) is 12.1 Å². The molecular weight excluding hydrogens is 309 g/mol. The summed E-state index contributed by atoms with van der Waals surface area (Å²) in [6, 6.07) is 15.1. The van der Waals surface area contributed by atoms with Crippen molar-refractivity contribution < 1.29 is 9.31 Å². The highest BCUT2D eigenvalue weighted by molar-refractivity contribution is 5.63. The molecule has 0 amide bonds. The summed E-state index contributed by atoms with van der Waals surface area (Å²) in [5.41, 5.74) is 3.03. The Labute approximate surface area is 137 Å². The summed E-state index contributed by atoms with van der Waals surface area (Å²) in [5.74, 6) is -0.631. The van der Waals surface area contributed by atoms with Crippen LogP contribution in [0.2, 0.25) is 0 Å². The molecule has 120 valence electrons. The maximum atomic E-state index is 13.1. The summed E-state index contributed by atoms with van der Waals surface area (Å²) < 4.78 is 13.1. The third-order valence-corrected chi connectivity index (χ3v) is 3.59. The molecular formula is C18H14FN3O2. The van der Waals surface area contributed by atoms with Gasteiger partial charge in [-0.25, -0.2) is 4.39 Å². The van der Waals surface area contributed by atoms with Crippen LogP contribution in [0.4, 0.5) is 15.8 Å². The van der Waals surface area contributed by atoms with Crippen molar-refractivity contribution in [2.45, 2.75) is 6.54 Å². The molecule has 0 unspecified atom stereocenters. The molecule has 0 aliphatic heterocycles. The molecule has 3 rings (SSSR count). The Morgan fingerprint density at radius 1 is 1.08 bits per heavy atom. The Kier molecular flexibility index (Phi) is 4.47. The molecule has 0 fully saturated rings. The highest BCUT2D eigenvalue weighted by atomic mass is 19.1. The van der Waals surface area contributed by atoms with E-state index in [9.17, 15) is 14.5 Å². The van der Waals surface area contributed by atoms with Gasteiger partial charge in [-0.2, -0.15) is 0 Å². The van der Waals surface area contributed by atoms with Crippen molar-refractivity contribution in [3.05, 3.63) is 88.5 Å². The van der Waals surface area contributed by atoms with Gasteiger partial charge in [-0.1, -0.05) is 30.3 Å². The second kappa shape index (κ2) is 6.87. The largest absolute Gasteiger partial charge is 0.375 e. The fraction of sp³-hybridized carbons (Fsp3) is 0.0556. The lowest BCUT2D eigenvalue weighted by Gasteiger charge is -2.08. The van der Waals surface area contributed by atoms with Crippen molar-refractivity contribution in [3.8, 4) is 11.1 Å². The average molecular weight is 323 g/mol. The maximum absolute atomic E-state index is 13.1. The zero-order valence-electron chi connectivity index (χ0n) is 12.6. The lowest BCUT2D eigenvalue weighted by molar-refractivity contribution is -0.384. The highest BCUT2D eigenvalue weighted by Crippen LogP contribution is 2.26. The zero-order valence-corrected chi connectivity index (χ0v) is 12.6. The smallest absolute Gasteiger partial charge is 0.295 e. The number of nitro groups is 1. The van der Waals surface area contributed by atoms with E-state index < -0.39 is 10.7 Å². The molecule has 0 spiro atoms. The van der Waals surface area contributed by atoms with E-state index in [1.54, 1.807) is 12.4 Å². The molecule has 24 heavy (non-hydrogen) atoms. The summed E-state index contributed by atoms with van der Waals surface area (Å²) in [6.45, 7) is 0.403. The van der Waals surface area contributed by atoms with Crippen molar-refractivity contribution in [1.29, 1.82) is 0 Å². The van der Waals surface area contributed by atoms with Crippen LogP contribution >= 0.6 is 0 Å². The zero-order chi connectivity index (χ0) is 16.9. The van der Waals surface area contributed by atoms with Crippen LogP contribution in [0.5, 0.6) is 0 Å². The standard InChI is InChI=1S/C18H14FN3O2/c19-16-7-8-17(18(10-16)22(23)24)21-11-13-3-5-14(6-4-13)15-2-1-9-20-12-15/h1-10,12,21H,11H2. The first-order valence-electron chi connectivity index (χ1n) is 7.30. The average Bonchev–Trinajstić information content (AvgIpc) is 2.62. The van der Waals surface area contributed by atoms with Crippen LogP contribution < -0.4 is 5.32 Å². The number of rotatable bonds is 5. The van der Waals surface area contributed by atoms with E-state index in [2.05, 4.69) is 10.3 Å². The summed E-state index contributed by atoms with van der Waals surface area (Å²) in [4.78, 5) is 14.5. The predicted octanol–water partition coefficient (Wildman–Crippen LogP) is 4.41. The van der Waals surface area contributed by atoms with Crippen molar-refractivity contribution in [2.24, 2.45) is 0 Å². The van der Waals surface area contributed by atoms with E-state index in [0.717, 1.165) is 22.8 Å². The number of nitro benzene ring substituents is 1. The SMILES string of the molecule is O=[N+]([O-])c1cc(F)ccc1NCc1ccc(-c2cccnc2)cc1. The lowest BCUT2D eigenvalue weighted by Crippen LogP contribution is -2.03. The van der Waals surface area contributed by atoms with Crippen LogP contribution in [0.1, 0.15) is 5.56 Å². The molecule has 0 saturated heterocycles. The number of nitrogens with zero attached hydrogens (tertiary/aromatic N) is 2. The Balaban J connectivity index is 1.73. The number of hydrogen-bond acceptors (Lipinski definition) is 4. The monoisotopic (exact) mass is 323 g/mol. The summed E-state index contributed by atoms with van der Waals surface area (Å²) in [5, 5.41) is 14.0. The number of halogens is 1. The molecule has 1 aromatic heterocycles. The predicted molar refractivity (Wildman–Crippen MR) is 90.1 cm³/mol. The third kappa shape index (κ3) is 3.55. The topological polar surface area (TPSA) is 68.1 Å². The first-order valence-corrected chi connectivity index (χ1v) is 7.30. The number of pyridine rings is 1. The van der Waals surface area contributed by atoms with Crippen LogP contribution in [0.25, 0.3) is 11.1 Å². The summed E-state index contributed by atoms with van der Waals surface area (Å²) in [6.07, 6.45) is 3.51. The molecule has 0 atom stereocenters. The van der Waals surface area contributed by atoms with Gasteiger partial charge in [-0.05, 0) is 34.9 Å². The number of benzene rings is 2.